The van der Waals surface area contributed by atoms with Crippen molar-refractivity contribution in [3.63, 3.8) is 0 Å². The monoisotopic (exact) mass is 256 g/mol. The van der Waals surface area contributed by atoms with Crippen LogP contribution in [0.15, 0.2) is 20.0 Å². The smallest absolute Gasteiger partial charge is 0.218 e. The first-order chi connectivity index (χ1) is 6.00. The molecule has 0 saturated carbocycles. The lowest BCUT2D eigenvalue weighted by atomic mass is 10.1. The first-order valence-electron chi connectivity index (χ1n) is 3.09. The van der Waals surface area contributed by atoms with Crippen molar-refractivity contribution in [2.45, 2.75) is 0 Å². The third-order valence-electron chi connectivity index (χ3n) is 1.40. The van der Waals surface area contributed by atoms with E-state index in [0.717, 1.165) is 11.8 Å². The van der Waals surface area contributed by atoms with E-state index in [4.69, 9.17) is 34.8 Å². The molecule has 6 heteroatoms. The molecule has 0 bridgehead atoms. The van der Waals surface area contributed by atoms with Gasteiger partial charge < -0.3 is 0 Å². The molecule has 0 saturated heterocycles. The predicted octanol–water partition coefficient (Wildman–Crippen LogP) is 2.64. The van der Waals surface area contributed by atoms with E-state index in [1.165, 1.54) is 0 Å². The van der Waals surface area contributed by atoms with Gasteiger partial charge in [-0.2, -0.15) is 0 Å². The lowest BCUT2D eigenvalue weighted by Gasteiger charge is -2.11. The standard InChI is InChI=1S/C7H3Cl3O2S/c1-13-7-4(10)5(11)2(8)3(9)6(7)12/h1H3. The highest BCUT2D eigenvalue weighted by Crippen LogP contribution is 2.35. The van der Waals surface area contributed by atoms with E-state index >= 15 is 0 Å². The lowest BCUT2D eigenvalue weighted by Crippen LogP contribution is -2.15. The molecule has 0 aromatic rings. The van der Waals surface area contributed by atoms with Crippen LogP contribution in [0.25, 0.3) is 0 Å². The molecule has 0 atom stereocenters. The van der Waals surface area contributed by atoms with Gasteiger partial charge in [0.2, 0.25) is 11.6 Å². The topological polar surface area (TPSA) is 34.1 Å². The SMILES string of the molecule is CSC1=C(Cl)C(=O)C(Cl)=C(Cl)C1=O. The number of carbonyl (C=O) groups is 2. The summed E-state index contributed by atoms with van der Waals surface area (Å²) in [5.41, 5.74) is 0. The summed E-state index contributed by atoms with van der Waals surface area (Å²) in [5, 5.41) is -0.734. The van der Waals surface area contributed by atoms with Crippen molar-refractivity contribution in [2.75, 3.05) is 6.26 Å². The van der Waals surface area contributed by atoms with Gasteiger partial charge in [-0.3, -0.25) is 9.59 Å². The van der Waals surface area contributed by atoms with Gasteiger partial charge >= 0.3 is 0 Å². The third-order valence-corrected chi connectivity index (χ3v) is 3.49. The van der Waals surface area contributed by atoms with Gasteiger partial charge in [-0.1, -0.05) is 34.8 Å². The fraction of sp³-hybridized carbons (Fsp3) is 0.143. The molecule has 0 spiro atoms. The highest BCUT2D eigenvalue weighted by Gasteiger charge is 2.31. The Labute approximate surface area is 93.9 Å². The summed E-state index contributed by atoms with van der Waals surface area (Å²) in [7, 11) is 0. The summed E-state index contributed by atoms with van der Waals surface area (Å²) in [5.74, 6) is -1.10. The minimum atomic E-state index is -0.600. The van der Waals surface area contributed by atoms with E-state index in [1.54, 1.807) is 6.26 Å². The van der Waals surface area contributed by atoms with Gasteiger partial charge in [0, 0.05) is 0 Å². The van der Waals surface area contributed by atoms with Gasteiger partial charge in [-0.05, 0) is 6.26 Å². The molecule has 0 heterocycles. The van der Waals surface area contributed by atoms with E-state index in [0.29, 0.717) is 0 Å². The molecular weight excluding hydrogens is 255 g/mol. The Morgan fingerprint density at radius 1 is 0.923 bits per heavy atom. The summed E-state index contributed by atoms with van der Waals surface area (Å²) in [4.78, 5) is 22.7. The number of ketones is 2. The fourth-order valence-corrected chi connectivity index (χ4v) is 2.22. The van der Waals surface area contributed by atoms with E-state index in [1.807, 2.05) is 0 Å². The largest absolute Gasteiger partial charge is 0.287 e. The van der Waals surface area contributed by atoms with E-state index < -0.39 is 11.6 Å². The van der Waals surface area contributed by atoms with Crippen LogP contribution in [0.3, 0.4) is 0 Å². The molecule has 0 N–H and O–H groups in total. The Morgan fingerprint density at radius 2 is 1.38 bits per heavy atom. The minimum Gasteiger partial charge on any atom is -0.287 e. The third kappa shape index (κ3) is 1.79. The number of allylic oxidation sites excluding steroid dienone is 4. The van der Waals surface area contributed by atoms with Crippen LogP contribution in [-0.4, -0.2) is 17.8 Å². The Morgan fingerprint density at radius 3 is 1.85 bits per heavy atom. The van der Waals surface area contributed by atoms with Gasteiger partial charge in [0.1, 0.15) is 15.1 Å². The Hall–Kier alpha value is 0.0400. The maximum absolute atomic E-state index is 11.3. The number of Topliss-reactive ketones (excluding diaryl/α,β-unsaturated/α-hetero) is 2. The van der Waals surface area contributed by atoms with Crippen LogP contribution in [0.2, 0.25) is 0 Å². The highest BCUT2D eigenvalue weighted by molar-refractivity contribution is 8.03. The highest BCUT2D eigenvalue weighted by atomic mass is 35.5. The summed E-state index contributed by atoms with van der Waals surface area (Å²) >= 11 is 17.7. The van der Waals surface area contributed by atoms with Crippen LogP contribution < -0.4 is 0 Å². The molecular formula is C7H3Cl3O2S. The second kappa shape index (κ2) is 4.05. The van der Waals surface area contributed by atoms with Crippen LogP contribution >= 0.6 is 46.6 Å². The fourth-order valence-electron chi connectivity index (χ4n) is 0.780. The van der Waals surface area contributed by atoms with Gasteiger partial charge in [0.15, 0.2) is 0 Å². The molecule has 0 radical (unpaired) electrons. The number of rotatable bonds is 1. The maximum atomic E-state index is 11.3. The van der Waals surface area contributed by atoms with Gasteiger partial charge in [-0.25, -0.2) is 0 Å². The van der Waals surface area contributed by atoms with Crippen LogP contribution in [-0.2, 0) is 9.59 Å². The van der Waals surface area contributed by atoms with Crippen molar-refractivity contribution >= 4 is 58.1 Å². The second-order valence-corrected chi connectivity index (χ2v) is 4.08. The second-order valence-electron chi connectivity index (χ2n) is 2.13. The molecule has 0 aromatic carbocycles. The predicted molar refractivity (Wildman–Crippen MR) is 55.1 cm³/mol. The molecule has 13 heavy (non-hydrogen) atoms. The van der Waals surface area contributed by atoms with Gasteiger partial charge in [0.05, 0.1) is 4.91 Å². The molecule has 0 fully saturated rings. The zero-order valence-corrected chi connectivity index (χ0v) is 9.44. The van der Waals surface area contributed by atoms with Crippen molar-refractivity contribution < 1.29 is 9.59 Å². The summed E-state index contributed by atoms with van der Waals surface area (Å²) in [6, 6.07) is 0. The molecule has 0 aromatic heterocycles. The number of hydrogen-bond donors (Lipinski definition) is 0. The zero-order valence-electron chi connectivity index (χ0n) is 6.36. The zero-order chi connectivity index (χ0) is 10.2. The molecule has 2 nitrogen and oxygen atoms in total. The van der Waals surface area contributed by atoms with Crippen LogP contribution in [0.1, 0.15) is 0 Å². The van der Waals surface area contributed by atoms with Crippen LogP contribution in [0.5, 0.6) is 0 Å². The van der Waals surface area contributed by atoms with Crippen molar-refractivity contribution in [1.82, 2.24) is 0 Å². The quantitative estimate of drug-likeness (QED) is 0.677. The molecule has 1 rings (SSSR count). The van der Waals surface area contributed by atoms with Gasteiger partial charge in [-0.15, -0.1) is 11.8 Å². The summed E-state index contributed by atoms with van der Waals surface area (Å²) in [6.45, 7) is 0. The average molecular weight is 258 g/mol. The van der Waals surface area contributed by atoms with Gasteiger partial charge in [0.25, 0.3) is 0 Å². The summed E-state index contributed by atoms with van der Waals surface area (Å²) < 4.78 is 0. The number of thioether (sulfide) groups is 1. The van der Waals surface area contributed by atoms with Crippen molar-refractivity contribution in [1.29, 1.82) is 0 Å². The van der Waals surface area contributed by atoms with E-state index in [9.17, 15) is 9.59 Å². The molecule has 1 aliphatic carbocycles. The normalized spacial score (nSPS) is 18.8. The lowest BCUT2D eigenvalue weighted by molar-refractivity contribution is -0.114. The first kappa shape index (κ1) is 11.1. The number of hydrogen-bond acceptors (Lipinski definition) is 3. The van der Waals surface area contributed by atoms with Crippen molar-refractivity contribution in [3.8, 4) is 0 Å². The van der Waals surface area contributed by atoms with Crippen LogP contribution in [0.4, 0.5) is 0 Å². The van der Waals surface area contributed by atoms with E-state index in [-0.39, 0.29) is 20.0 Å². The molecule has 1 aliphatic rings. The Bertz CT molecular complexity index is 357. The Balaban J connectivity index is 3.29. The average Bonchev–Trinajstić information content (AvgIpc) is 2.13. The molecule has 70 valence electrons. The molecule has 0 unspecified atom stereocenters. The van der Waals surface area contributed by atoms with E-state index in [2.05, 4.69) is 0 Å². The Kier molecular flexibility index (Phi) is 3.46. The molecule has 0 aliphatic heterocycles. The number of carbonyl (C=O) groups excluding carboxylic acids is 2. The number of halogens is 3. The van der Waals surface area contributed by atoms with Crippen molar-refractivity contribution in [3.05, 3.63) is 20.0 Å². The van der Waals surface area contributed by atoms with Crippen LogP contribution in [0, 0.1) is 0 Å². The first-order valence-corrected chi connectivity index (χ1v) is 5.45. The maximum Gasteiger partial charge on any atom is 0.218 e. The molecule has 0 amide bonds. The van der Waals surface area contributed by atoms with Crippen molar-refractivity contribution in [2.24, 2.45) is 0 Å². The summed E-state index contributed by atoms with van der Waals surface area (Å²) in [6.07, 6.45) is 1.63. The minimum absolute atomic E-state index is 0.140.